The number of esters is 2. The Morgan fingerprint density at radius 1 is 1.00 bits per heavy atom. The maximum atomic E-state index is 12.3. The van der Waals surface area contributed by atoms with Crippen LogP contribution in [0.4, 0.5) is 13.2 Å². The molecule has 0 aliphatic rings. The standard InChI is InChI=1S/C10H15F3O4/c1-4-16-7(14)9(3,6-10(11,12)13)8(15)17-5-2/h4-6H2,1-3H3. The van der Waals surface area contributed by atoms with Gasteiger partial charge in [0.15, 0.2) is 5.41 Å². The zero-order valence-corrected chi connectivity index (χ0v) is 9.89. The second kappa shape index (κ2) is 5.88. The summed E-state index contributed by atoms with van der Waals surface area (Å²) in [5.41, 5.74) is -2.34. The Labute approximate surface area is 97.1 Å². The summed E-state index contributed by atoms with van der Waals surface area (Å²) in [5, 5.41) is 0. The van der Waals surface area contributed by atoms with E-state index in [1.54, 1.807) is 0 Å². The lowest BCUT2D eigenvalue weighted by Crippen LogP contribution is -2.42. The van der Waals surface area contributed by atoms with Gasteiger partial charge in [0, 0.05) is 0 Å². The van der Waals surface area contributed by atoms with Gasteiger partial charge in [0.2, 0.25) is 0 Å². The molecule has 0 N–H and O–H groups in total. The highest BCUT2D eigenvalue weighted by atomic mass is 19.4. The molecule has 0 heterocycles. The van der Waals surface area contributed by atoms with Gasteiger partial charge in [-0.2, -0.15) is 13.2 Å². The molecule has 0 bridgehead atoms. The highest BCUT2D eigenvalue weighted by Gasteiger charge is 2.52. The average molecular weight is 256 g/mol. The summed E-state index contributed by atoms with van der Waals surface area (Å²) in [5.74, 6) is -2.45. The molecule has 0 saturated carbocycles. The molecule has 0 radical (unpaired) electrons. The molecule has 7 heteroatoms. The third-order valence-electron chi connectivity index (χ3n) is 2.01. The molecule has 4 nitrogen and oxygen atoms in total. The first-order chi connectivity index (χ1) is 7.67. The molecule has 0 aliphatic heterocycles. The van der Waals surface area contributed by atoms with E-state index < -0.39 is 30.0 Å². The van der Waals surface area contributed by atoms with Crippen LogP contribution in [0, 0.1) is 5.41 Å². The molecule has 0 unspecified atom stereocenters. The second-order valence-electron chi connectivity index (χ2n) is 3.57. The summed E-state index contributed by atoms with van der Waals surface area (Å²) in [6.07, 6.45) is -6.26. The van der Waals surface area contributed by atoms with Crippen LogP contribution in [0.1, 0.15) is 27.2 Å². The Hall–Kier alpha value is -1.27. The first-order valence-corrected chi connectivity index (χ1v) is 5.08. The highest BCUT2D eigenvalue weighted by molar-refractivity contribution is 5.99. The number of rotatable bonds is 5. The van der Waals surface area contributed by atoms with Gasteiger partial charge in [0.1, 0.15) is 0 Å². The van der Waals surface area contributed by atoms with Crippen LogP contribution in [0.5, 0.6) is 0 Å². The first kappa shape index (κ1) is 15.7. The quantitative estimate of drug-likeness (QED) is 0.558. The molecule has 0 amide bonds. The van der Waals surface area contributed by atoms with E-state index in [2.05, 4.69) is 9.47 Å². The van der Waals surface area contributed by atoms with Crippen LogP contribution >= 0.6 is 0 Å². The lowest BCUT2D eigenvalue weighted by atomic mass is 9.86. The zero-order chi connectivity index (χ0) is 13.7. The monoisotopic (exact) mass is 256 g/mol. The Morgan fingerprint density at radius 2 is 1.35 bits per heavy atom. The molecule has 100 valence electrons. The molecule has 0 atom stereocenters. The summed E-state index contributed by atoms with van der Waals surface area (Å²) in [6, 6.07) is 0. The van der Waals surface area contributed by atoms with Crippen molar-refractivity contribution < 1.29 is 32.2 Å². The zero-order valence-electron chi connectivity index (χ0n) is 9.89. The maximum Gasteiger partial charge on any atom is 0.390 e. The predicted octanol–water partition coefficient (Wildman–Crippen LogP) is 2.07. The van der Waals surface area contributed by atoms with Crippen LogP contribution in [0.15, 0.2) is 0 Å². The number of hydrogen-bond donors (Lipinski definition) is 0. The molecule has 0 aromatic carbocycles. The SMILES string of the molecule is CCOC(=O)C(C)(CC(F)(F)F)C(=O)OCC. The van der Waals surface area contributed by atoms with Gasteiger partial charge in [-0.15, -0.1) is 0 Å². The molecule has 0 aliphatic carbocycles. The van der Waals surface area contributed by atoms with Crippen LogP contribution < -0.4 is 0 Å². The van der Waals surface area contributed by atoms with Crippen molar-refractivity contribution >= 4 is 11.9 Å². The number of carbonyl (C=O) groups is 2. The van der Waals surface area contributed by atoms with Crippen molar-refractivity contribution in [1.29, 1.82) is 0 Å². The Morgan fingerprint density at radius 3 is 1.59 bits per heavy atom. The van der Waals surface area contributed by atoms with E-state index in [0.717, 1.165) is 6.92 Å². The molecule has 0 rings (SSSR count). The van der Waals surface area contributed by atoms with Gasteiger partial charge in [0.05, 0.1) is 19.6 Å². The lowest BCUT2D eigenvalue weighted by Gasteiger charge is -2.25. The maximum absolute atomic E-state index is 12.3. The van der Waals surface area contributed by atoms with Crippen molar-refractivity contribution in [1.82, 2.24) is 0 Å². The third-order valence-corrected chi connectivity index (χ3v) is 2.01. The average Bonchev–Trinajstić information content (AvgIpc) is 2.15. The fraction of sp³-hybridized carbons (Fsp3) is 0.800. The van der Waals surface area contributed by atoms with E-state index in [1.807, 2.05) is 0 Å². The number of alkyl halides is 3. The first-order valence-electron chi connectivity index (χ1n) is 5.08. The Kier molecular flexibility index (Phi) is 5.44. The summed E-state index contributed by atoms with van der Waals surface area (Å²) in [4.78, 5) is 22.9. The second-order valence-corrected chi connectivity index (χ2v) is 3.57. The molecule has 0 aromatic heterocycles. The number of carbonyl (C=O) groups excluding carboxylic acids is 2. The van der Waals surface area contributed by atoms with Crippen LogP contribution in [-0.2, 0) is 19.1 Å². The molecule has 0 aromatic rings. The van der Waals surface area contributed by atoms with Crippen molar-refractivity contribution in [3.05, 3.63) is 0 Å². The van der Waals surface area contributed by atoms with E-state index in [9.17, 15) is 22.8 Å². The largest absolute Gasteiger partial charge is 0.465 e. The van der Waals surface area contributed by atoms with Crippen molar-refractivity contribution in [3.63, 3.8) is 0 Å². The Bertz CT molecular complexity index is 268. The molecular weight excluding hydrogens is 241 g/mol. The fourth-order valence-corrected chi connectivity index (χ4v) is 1.21. The summed E-state index contributed by atoms with van der Waals surface area (Å²) >= 11 is 0. The highest BCUT2D eigenvalue weighted by Crippen LogP contribution is 2.35. The Balaban J connectivity index is 5.06. The predicted molar refractivity (Wildman–Crippen MR) is 52.0 cm³/mol. The normalized spacial score (nSPS) is 12.1. The minimum Gasteiger partial charge on any atom is -0.465 e. The van der Waals surface area contributed by atoms with Crippen LogP contribution in [0.3, 0.4) is 0 Å². The van der Waals surface area contributed by atoms with Crippen molar-refractivity contribution in [2.75, 3.05) is 13.2 Å². The summed E-state index contributed by atoms with van der Waals surface area (Å²) < 4.78 is 46.0. The van der Waals surface area contributed by atoms with Gasteiger partial charge in [-0.25, -0.2) is 0 Å². The van der Waals surface area contributed by atoms with Crippen molar-refractivity contribution in [2.45, 2.75) is 33.4 Å². The van der Waals surface area contributed by atoms with E-state index in [1.165, 1.54) is 13.8 Å². The van der Waals surface area contributed by atoms with E-state index in [4.69, 9.17) is 0 Å². The number of ether oxygens (including phenoxy) is 2. The van der Waals surface area contributed by atoms with Gasteiger partial charge < -0.3 is 9.47 Å². The lowest BCUT2D eigenvalue weighted by molar-refractivity contribution is -0.193. The van der Waals surface area contributed by atoms with Gasteiger partial charge in [-0.3, -0.25) is 9.59 Å². The van der Waals surface area contributed by atoms with Gasteiger partial charge in [0.25, 0.3) is 0 Å². The minimum atomic E-state index is -4.66. The molecule has 0 spiro atoms. The molecular formula is C10H15F3O4. The molecule has 0 saturated heterocycles. The van der Waals surface area contributed by atoms with Crippen molar-refractivity contribution in [3.8, 4) is 0 Å². The van der Waals surface area contributed by atoms with E-state index in [0.29, 0.717) is 0 Å². The van der Waals surface area contributed by atoms with Crippen LogP contribution in [-0.4, -0.2) is 31.3 Å². The van der Waals surface area contributed by atoms with E-state index >= 15 is 0 Å². The third kappa shape index (κ3) is 4.62. The van der Waals surface area contributed by atoms with Gasteiger partial charge >= 0.3 is 18.1 Å². The fourth-order valence-electron chi connectivity index (χ4n) is 1.21. The summed E-state index contributed by atoms with van der Waals surface area (Å²) in [6.45, 7) is 3.54. The van der Waals surface area contributed by atoms with Crippen LogP contribution in [0.2, 0.25) is 0 Å². The molecule has 0 fully saturated rings. The number of hydrogen-bond acceptors (Lipinski definition) is 4. The van der Waals surface area contributed by atoms with Gasteiger partial charge in [-0.1, -0.05) is 0 Å². The van der Waals surface area contributed by atoms with Crippen molar-refractivity contribution in [2.24, 2.45) is 5.41 Å². The topological polar surface area (TPSA) is 52.6 Å². The van der Waals surface area contributed by atoms with E-state index in [-0.39, 0.29) is 13.2 Å². The minimum absolute atomic E-state index is 0.105. The molecule has 17 heavy (non-hydrogen) atoms. The summed E-state index contributed by atoms with van der Waals surface area (Å²) in [7, 11) is 0. The van der Waals surface area contributed by atoms with Crippen LogP contribution in [0.25, 0.3) is 0 Å². The smallest absolute Gasteiger partial charge is 0.390 e. The van der Waals surface area contributed by atoms with Gasteiger partial charge in [-0.05, 0) is 20.8 Å². The number of halogens is 3.